The fraction of sp³-hybridized carbons (Fsp3) is 0.571. The lowest BCUT2D eigenvalue weighted by molar-refractivity contribution is -0.386. The van der Waals surface area contributed by atoms with Crippen LogP contribution in [0.1, 0.15) is 26.7 Å². The zero-order valence-electron chi connectivity index (χ0n) is 11.8. The van der Waals surface area contributed by atoms with Gasteiger partial charge >= 0.3 is 5.69 Å². The molecule has 0 radical (unpaired) electrons. The molecule has 0 bridgehead atoms. The minimum absolute atomic E-state index is 0.0144. The van der Waals surface area contributed by atoms with E-state index in [1.807, 2.05) is 13.8 Å². The summed E-state index contributed by atoms with van der Waals surface area (Å²) < 4.78 is 5.54. The first kappa shape index (κ1) is 14.6. The van der Waals surface area contributed by atoms with Gasteiger partial charge in [0, 0.05) is 30.9 Å². The number of ether oxygens (including phenoxy) is 1. The molecule has 0 amide bonds. The van der Waals surface area contributed by atoms with E-state index in [9.17, 15) is 15.2 Å². The van der Waals surface area contributed by atoms with Crippen LogP contribution in [0.3, 0.4) is 0 Å². The summed E-state index contributed by atoms with van der Waals surface area (Å²) in [4.78, 5) is 12.7. The van der Waals surface area contributed by atoms with E-state index in [1.165, 1.54) is 6.07 Å². The van der Waals surface area contributed by atoms with Crippen LogP contribution in [0.15, 0.2) is 18.2 Å². The minimum atomic E-state index is -0.429. The normalized spacial score (nSPS) is 16.5. The van der Waals surface area contributed by atoms with Crippen molar-refractivity contribution in [3.63, 3.8) is 0 Å². The molecule has 20 heavy (non-hydrogen) atoms. The van der Waals surface area contributed by atoms with Crippen molar-refractivity contribution in [2.45, 2.75) is 38.9 Å². The van der Waals surface area contributed by atoms with Crippen molar-refractivity contribution < 1.29 is 14.8 Å². The van der Waals surface area contributed by atoms with Gasteiger partial charge in [-0.2, -0.15) is 0 Å². The molecule has 0 aromatic heterocycles. The molecule has 0 spiro atoms. The number of benzene rings is 1. The smallest absolute Gasteiger partial charge is 0.311 e. The quantitative estimate of drug-likeness (QED) is 0.676. The Morgan fingerprint density at radius 3 is 2.60 bits per heavy atom. The fourth-order valence-electron chi connectivity index (χ4n) is 2.32. The van der Waals surface area contributed by atoms with Crippen molar-refractivity contribution in [1.82, 2.24) is 0 Å². The molecule has 1 saturated heterocycles. The second-order valence-corrected chi connectivity index (χ2v) is 5.29. The Kier molecular flexibility index (Phi) is 4.44. The molecule has 1 heterocycles. The van der Waals surface area contributed by atoms with E-state index in [4.69, 9.17) is 4.74 Å². The van der Waals surface area contributed by atoms with Crippen molar-refractivity contribution in [3.8, 4) is 5.75 Å². The first-order valence-electron chi connectivity index (χ1n) is 6.85. The molecule has 1 aromatic rings. The van der Waals surface area contributed by atoms with E-state index in [2.05, 4.69) is 4.90 Å². The van der Waals surface area contributed by atoms with Crippen molar-refractivity contribution in [2.75, 3.05) is 18.0 Å². The van der Waals surface area contributed by atoms with Crippen LogP contribution in [0, 0.1) is 10.1 Å². The van der Waals surface area contributed by atoms with Crippen LogP contribution in [0.25, 0.3) is 0 Å². The highest BCUT2D eigenvalue weighted by Gasteiger charge is 2.21. The molecule has 0 saturated carbocycles. The van der Waals surface area contributed by atoms with Crippen LogP contribution in [0.4, 0.5) is 11.4 Å². The Balaban J connectivity index is 2.24. The van der Waals surface area contributed by atoms with E-state index in [0.717, 1.165) is 31.6 Å². The third-order valence-corrected chi connectivity index (χ3v) is 3.33. The Hall–Kier alpha value is -1.82. The Labute approximate surface area is 118 Å². The second-order valence-electron chi connectivity index (χ2n) is 5.29. The zero-order valence-corrected chi connectivity index (χ0v) is 11.8. The molecule has 0 aliphatic carbocycles. The van der Waals surface area contributed by atoms with Gasteiger partial charge in [0.05, 0.1) is 17.1 Å². The Bertz CT molecular complexity index is 482. The maximum atomic E-state index is 11.0. The summed E-state index contributed by atoms with van der Waals surface area (Å²) in [6.45, 7) is 5.18. The van der Waals surface area contributed by atoms with Crippen LogP contribution in [0.2, 0.25) is 0 Å². The molecular formula is C14H20N2O4. The molecule has 1 fully saturated rings. The lowest BCUT2D eigenvalue weighted by Crippen LogP contribution is -2.35. The second kappa shape index (κ2) is 6.09. The molecule has 110 valence electrons. The first-order chi connectivity index (χ1) is 9.47. The van der Waals surface area contributed by atoms with E-state index in [1.54, 1.807) is 12.1 Å². The molecule has 1 aliphatic heterocycles. The monoisotopic (exact) mass is 280 g/mol. The molecular weight excluding hydrogens is 260 g/mol. The predicted molar refractivity (Wildman–Crippen MR) is 76.3 cm³/mol. The third kappa shape index (κ3) is 3.39. The summed E-state index contributed by atoms with van der Waals surface area (Å²) in [5.41, 5.74) is 0.887. The number of hydrogen-bond acceptors (Lipinski definition) is 5. The maximum Gasteiger partial charge on any atom is 0.311 e. The maximum absolute atomic E-state index is 11.0. The summed E-state index contributed by atoms with van der Waals surface area (Å²) in [6, 6.07) is 4.94. The van der Waals surface area contributed by atoms with E-state index >= 15 is 0 Å². The lowest BCUT2D eigenvalue weighted by atomic mass is 10.1. The molecule has 6 nitrogen and oxygen atoms in total. The van der Waals surface area contributed by atoms with Gasteiger partial charge in [0.2, 0.25) is 0 Å². The summed E-state index contributed by atoms with van der Waals surface area (Å²) >= 11 is 0. The average molecular weight is 280 g/mol. The van der Waals surface area contributed by atoms with E-state index in [0.29, 0.717) is 5.75 Å². The van der Waals surface area contributed by atoms with Crippen molar-refractivity contribution in [1.29, 1.82) is 0 Å². The Morgan fingerprint density at radius 2 is 2.05 bits per heavy atom. The summed E-state index contributed by atoms with van der Waals surface area (Å²) in [5, 5.41) is 20.5. The van der Waals surface area contributed by atoms with Gasteiger partial charge in [-0.3, -0.25) is 10.1 Å². The summed E-state index contributed by atoms with van der Waals surface area (Å²) in [7, 11) is 0. The first-order valence-corrected chi connectivity index (χ1v) is 6.85. The zero-order chi connectivity index (χ0) is 14.7. The van der Waals surface area contributed by atoms with Crippen molar-refractivity contribution >= 4 is 11.4 Å². The van der Waals surface area contributed by atoms with Crippen molar-refractivity contribution in [2.24, 2.45) is 0 Å². The Morgan fingerprint density at radius 1 is 1.40 bits per heavy atom. The topological polar surface area (TPSA) is 75.8 Å². The highest BCUT2D eigenvalue weighted by molar-refractivity contribution is 5.59. The fourth-order valence-corrected chi connectivity index (χ4v) is 2.32. The number of piperidine rings is 1. The van der Waals surface area contributed by atoms with Gasteiger partial charge in [-0.15, -0.1) is 0 Å². The van der Waals surface area contributed by atoms with E-state index in [-0.39, 0.29) is 17.9 Å². The van der Waals surface area contributed by atoms with Gasteiger partial charge in [-0.25, -0.2) is 0 Å². The SMILES string of the molecule is CC(C)Oc1cc(N2CCC(O)CC2)ccc1[N+](=O)[O-]. The van der Waals surface area contributed by atoms with Crippen LogP contribution in [0.5, 0.6) is 5.75 Å². The van der Waals surface area contributed by atoms with Gasteiger partial charge < -0.3 is 14.7 Å². The molecule has 0 unspecified atom stereocenters. The lowest BCUT2D eigenvalue weighted by Gasteiger charge is -2.31. The number of aliphatic hydroxyl groups excluding tert-OH is 1. The highest BCUT2D eigenvalue weighted by Crippen LogP contribution is 2.33. The molecule has 1 aliphatic rings. The molecule has 0 atom stereocenters. The van der Waals surface area contributed by atoms with Gasteiger partial charge in [0.15, 0.2) is 5.75 Å². The average Bonchev–Trinajstić information content (AvgIpc) is 2.38. The van der Waals surface area contributed by atoms with E-state index < -0.39 is 4.92 Å². The van der Waals surface area contributed by atoms with Gasteiger partial charge in [-0.05, 0) is 32.8 Å². The predicted octanol–water partition coefficient (Wildman–Crippen LogP) is 2.34. The molecule has 1 aromatic carbocycles. The number of rotatable bonds is 4. The number of anilines is 1. The van der Waals surface area contributed by atoms with Crippen LogP contribution >= 0.6 is 0 Å². The number of hydrogen-bond donors (Lipinski definition) is 1. The molecule has 1 N–H and O–H groups in total. The van der Waals surface area contributed by atoms with Crippen molar-refractivity contribution in [3.05, 3.63) is 28.3 Å². The summed E-state index contributed by atoms with van der Waals surface area (Å²) in [5.74, 6) is 0.300. The number of nitro groups is 1. The van der Waals surface area contributed by atoms with Crippen LogP contribution < -0.4 is 9.64 Å². The van der Waals surface area contributed by atoms with Crippen LogP contribution in [-0.4, -0.2) is 35.3 Å². The van der Waals surface area contributed by atoms with Gasteiger partial charge in [0.25, 0.3) is 0 Å². The number of nitrogens with zero attached hydrogens (tertiary/aromatic N) is 2. The number of aliphatic hydroxyl groups is 1. The largest absolute Gasteiger partial charge is 0.484 e. The third-order valence-electron chi connectivity index (χ3n) is 3.33. The van der Waals surface area contributed by atoms with Gasteiger partial charge in [0.1, 0.15) is 0 Å². The minimum Gasteiger partial charge on any atom is -0.484 e. The highest BCUT2D eigenvalue weighted by atomic mass is 16.6. The van der Waals surface area contributed by atoms with Crippen LogP contribution in [-0.2, 0) is 0 Å². The summed E-state index contributed by atoms with van der Waals surface area (Å²) in [6.07, 6.45) is 1.08. The van der Waals surface area contributed by atoms with Gasteiger partial charge in [-0.1, -0.05) is 0 Å². The number of nitro benzene ring substituents is 1. The molecule has 6 heteroatoms. The molecule has 2 rings (SSSR count). The standard InChI is InChI=1S/C14H20N2O4/c1-10(2)20-14-9-11(3-4-13(14)16(18)19)15-7-5-12(17)6-8-15/h3-4,9-10,12,17H,5-8H2,1-2H3.